The molecule has 2 nitrogen and oxygen atoms in total. The number of aryl methyl sites for hydroxylation is 1. The minimum absolute atomic E-state index is 0.130. The zero-order valence-electron chi connectivity index (χ0n) is 8.25. The van der Waals surface area contributed by atoms with Crippen LogP contribution in [0.15, 0.2) is 18.5 Å². The van der Waals surface area contributed by atoms with Gasteiger partial charge in [-0.15, -0.1) is 0 Å². The Morgan fingerprint density at radius 3 is 2.67 bits per heavy atom. The number of aliphatic hydroxyl groups excluding tert-OH is 1. The van der Waals surface area contributed by atoms with Crippen molar-refractivity contribution in [3.05, 3.63) is 29.6 Å². The average Bonchev–Trinajstić information content (AvgIpc) is 2.13. The fourth-order valence-electron chi connectivity index (χ4n) is 1.27. The summed E-state index contributed by atoms with van der Waals surface area (Å²) in [4.78, 5) is 3.66. The van der Waals surface area contributed by atoms with E-state index in [0.717, 1.165) is 12.3 Å². The summed E-state index contributed by atoms with van der Waals surface area (Å²) in [6.45, 7) is 1.55. The van der Waals surface area contributed by atoms with Crippen LogP contribution in [0.4, 0.5) is 13.2 Å². The van der Waals surface area contributed by atoms with Crippen LogP contribution in [0.2, 0.25) is 0 Å². The molecule has 0 bridgehead atoms. The Labute approximate surface area is 85.8 Å². The second-order valence-corrected chi connectivity index (χ2v) is 3.42. The highest BCUT2D eigenvalue weighted by atomic mass is 19.4. The van der Waals surface area contributed by atoms with E-state index in [1.54, 1.807) is 6.92 Å². The third-order valence-electron chi connectivity index (χ3n) is 2.04. The quantitative estimate of drug-likeness (QED) is 0.846. The second-order valence-electron chi connectivity index (χ2n) is 3.42. The highest BCUT2D eigenvalue weighted by Gasteiger charge is 2.32. The molecule has 15 heavy (non-hydrogen) atoms. The molecule has 0 aliphatic carbocycles. The molecule has 0 aliphatic heterocycles. The van der Waals surface area contributed by atoms with Crippen LogP contribution < -0.4 is 0 Å². The monoisotopic (exact) mass is 219 g/mol. The van der Waals surface area contributed by atoms with Crippen molar-refractivity contribution >= 4 is 0 Å². The molecule has 1 atom stereocenters. The van der Waals surface area contributed by atoms with E-state index in [-0.39, 0.29) is 12.0 Å². The second kappa shape index (κ2) is 4.61. The maximum atomic E-state index is 12.5. The first-order valence-electron chi connectivity index (χ1n) is 4.59. The summed E-state index contributed by atoms with van der Waals surface area (Å²) in [5.41, 5.74) is -0.538. The zero-order chi connectivity index (χ0) is 11.5. The number of aromatic nitrogens is 1. The molecule has 1 heterocycles. The largest absolute Gasteiger partial charge is 0.416 e. The molecule has 0 aliphatic rings. The molecule has 0 unspecified atom stereocenters. The Hall–Kier alpha value is -1.10. The van der Waals surface area contributed by atoms with Crippen molar-refractivity contribution in [3.63, 3.8) is 0 Å². The summed E-state index contributed by atoms with van der Waals surface area (Å²) in [5.74, 6) is 0. The van der Waals surface area contributed by atoms with Crippen LogP contribution in [0.25, 0.3) is 0 Å². The maximum Gasteiger partial charge on any atom is 0.416 e. The summed E-state index contributed by atoms with van der Waals surface area (Å²) < 4.78 is 37.4. The normalized spacial score (nSPS) is 13.9. The zero-order valence-corrected chi connectivity index (χ0v) is 8.25. The fraction of sp³-hybridized carbons (Fsp3) is 0.500. The summed E-state index contributed by atoms with van der Waals surface area (Å²) >= 11 is 0. The van der Waals surface area contributed by atoms with E-state index < -0.39 is 17.8 Å². The van der Waals surface area contributed by atoms with Gasteiger partial charge in [0, 0.05) is 12.4 Å². The number of pyridine rings is 1. The Bertz CT molecular complexity index is 323. The highest BCUT2D eigenvalue weighted by Crippen LogP contribution is 2.31. The van der Waals surface area contributed by atoms with Gasteiger partial charge in [-0.25, -0.2) is 0 Å². The summed E-state index contributed by atoms with van der Waals surface area (Å²) in [6.07, 6.45) is -2.15. The molecule has 5 heteroatoms. The number of aliphatic hydroxyl groups is 1. The van der Waals surface area contributed by atoms with Crippen molar-refractivity contribution in [2.24, 2.45) is 0 Å². The van der Waals surface area contributed by atoms with Crippen molar-refractivity contribution in [1.29, 1.82) is 0 Å². The molecule has 0 fully saturated rings. The van der Waals surface area contributed by atoms with Crippen LogP contribution in [-0.2, 0) is 12.6 Å². The van der Waals surface area contributed by atoms with Crippen LogP contribution in [0.3, 0.4) is 0 Å². The Morgan fingerprint density at radius 1 is 1.47 bits per heavy atom. The first-order chi connectivity index (χ1) is 6.91. The van der Waals surface area contributed by atoms with E-state index in [1.165, 1.54) is 6.20 Å². The van der Waals surface area contributed by atoms with Gasteiger partial charge in [-0.1, -0.05) is 0 Å². The van der Waals surface area contributed by atoms with Crippen LogP contribution >= 0.6 is 0 Å². The van der Waals surface area contributed by atoms with E-state index in [4.69, 9.17) is 5.11 Å². The highest BCUT2D eigenvalue weighted by molar-refractivity contribution is 5.26. The first-order valence-corrected chi connectivity index (χ1v) is 4.59. The smallest absolute Gasteiger partial charge is 0.393 e. The third-order valence-corrected chi connectivity index (χ3v) is 2.04. The topological polar surface area (TPSA) is 33.1 Å². The fourth-order valence-corrected chi connectivity index (χ4v) is 1.27. The van der Waals surface area contributed by atoms with E-state index >= 15 is 0 Å². The SMILES string of the molecule is C[C@H](O)CCc1cnccc1C(F)(F)F. The van der Waals surface area contributed by atoms with E-state index in [1.807, 2.05) is 0 Å². The van der Waals surface area contributed by atoms with Gasteiger partial charge in [-0.3, -0.25) is 4.98 Å². The van der Waals surface area contributed by atoms with Gasteiger partial charge < -0.3 is 5.11 Å². The maximum absolute atomic E-state index is 12.5. The average molecular weight is 219 g/mol. The molecule has 0 spiro atoms. The van der Waals surface area contributed by atoms with Crippen molar-refractivity contribution in [1.82, 2.24) is 4.98 Å². The van der Waals surface area contributed by atoms with Gasteiger partial charge in [0.2, 0.25) is 0 Å². The molecule has 1 aromatic heterocycles. The molecule has 1 aromatic rings. The number of alkyl halides is 3. The molecule has 0 amide bonds. The molecule has 0 saturated heterocycles. The predicted octanol–water partition coefficient (Wildman–Crippen LogP) is 2.41. The molecule has 84 valence electrons. The number of rotatable bonds is 3. The van der Waals surface area contributed by atoms with Crippen LogP contribution in [0, 0.1) is 0 Å². The molecule has 1 rings (SSSR count). The first kappa shape index (κ1) is 12.0. The lowest BCUT2D eigenvalue weighted by Gasteiger charge is -2.12. The minimum atomic E-state index is -4.35. The van der Waals surface area contributed by atoms with Crippen molar-refractivity contribution in [3.8, 4) is 0 Å². The van der Waals surface area contributed by atoms with Gasteiger partial charge in [0.25, 0.3) is 0 Å². The molecule has 0 aromatic carbocycles. The van der Waals surface area contributed by atoms with Gasteiger partial charge in [0.05, 0.1) is 11.7 Å². The van der Waals surface area contributed by atoms with Crippen LogP contribution in [-0.4, -0.2) is 16.2 Å². The lowest BCUT2D eigenvalue weighted by molar-refractivity contribution is -0.138. The minimum Gasteiger partial charge on any atom is -0.393 e. The summed E-state index contributed by atoms with van der Waals surface area (Å²) in [6, 6.07) is 0.956. The summed E-state index contributed by atoms with van der Waals surface area (Å²) in [5, 5.41) is 9.01. The van der Waals surface area contributed by atoms with E-state index in [0.29, 0.717) is 6.42 Å². The number of hydrogen-bond acceptors (Lipinski definition) is 2. The van der Waals surface area contributed by atoms with Crippen molar-refractivity contribution in [2.75, 3.05) is 0 Å². The van der Waals surface area contributed by atoms with Crippen LogP contribution in [0.5, 0.6) is 0 Å². The van der Waals surface area contributed by atoms with Crippen LogP contribution in [0.1, 0.15) is 24.5 Å². The van der Waals surface area contributed by atoms with Gasteiger partial charge in [0.1, 0.15) is 0 Å². The molecule has 0 saturated carbocycles. The van der Waals surface area contributed by atoms with Gasteiger partial charge in [0.15, 0.2) is 0 Å². The number of nitrogens with zero attached hydrogens (tertiary/aromatic N) is 1. The summed E-state index contributed by atoms with van der Waals surface area (Å²) in [7, 11) is 0. The van der Waals surface area contributed by atoms with Crippen molar-refractivity contribution in [2.45, 2.75) is 32.0 Å². The van der Waals surface area contributed by atoms with Gasteiger partial charge in [-0.05, 0) is 31.4 Å². The number of hydrogen-bond donors (Lipinski definition) is 1. The molecule has 1 N–H and O–H groups in total. The molecule has 0 radical (unpaired) electrons. The Balaban J connectivity index is 2.87. The lowest BCUT2D eigenvalue weighted by atomic mass is 10.0. The Kier molecular flexibility index (Phi) is 3.68. The van der Waals surface area contributed by atoms with E-state index in [9.17, 15) is 13.2 Å². The molecular formula is C10H12F3NO. The standard InChI is InChI=1S/C10H12F3NO/c1-7(15)2-3-8-6-14-5-4-9(8)10(11,12)13/h4-7,15H,2-3H2,1H3/t7-/m0/s1. The lowest BCUT2D eigenvalue weighted by Crippen LogP contribution is -2.11. The van der Waals surface area contributed by atoms with Gasteiger partial charge >= 0.3 is 6.18 Å². The Morgan fingerprint density at radius 2 is 2.13 bits per heavy atom. The van der Waals surface area contributed by atoms with Gasteiger partial charge in [-0.2, -0.15) is 13.2 Å². The van der Waals surface area contributed by atoms with Crippen molar-refractivity contribution < 1.29 is 18.3 Å². The number of halogens is 3. The third kappa shape index (κ3) is 3.51. The molecular weight excluding hydrogens is 207 g/mol. The predicted molar refractivity (Wildman–Crippen MR) is 49.2 cm³/mol. The van der Waals surface area contributed by atoms with E-state index in [2.05, 4.69) is 4.98 Å².